The van der Waals surface area contributed by atoms with E-state index in [1.165, 1.54) is 0 Å². The quantitative estimate of drug-likeness (QED) is 0.413. The van der Waals surface area contributed by atoms with Gasteiger partial charge in [0.2, 0.25) is 0 Å². The van der Waals surface area contributed by atoms with Crippen molar-refractivity contribution in [3.8, 4) is 0 Å². The normalized spacial score (nSPS) is 19.4. The van der Waals surface area contributed by atoms with Crippen LogP contribution in [0.2, 0.25) is 0 Å². The standard InChI is InChI=1S/C3H9O4P/c4-1-2(5)3(6)8-7/h2-6H,1,8H2. The molecule has 0 aromatic carbocycles. The lowest BCUT2D eigenvalue weighted by atomic mass is 10.4. The summed E-state index contributed by atoms with van der Waals surface area (Å²) in [5.74, 6) is -1.25. The van der Waals surface area contributed by atoms with Crippen LogP contribution in [0, 0.1) is 0 Å². The first-order valence-electron chi connectivity index (χ1n) is 2.14. The molecule has 0 radical (unpaired) electrons. The van der Waals surface area contributed by atoms with Gasteiger partial charge in [-0.05, 0) is 0 Å². The van der Waals surface area contributed by atoms with Crippen molar-refractivity contribution in [2.45, 2.75) is 11.9 Å². The molecule has 50 valence electrons. The summed E-state index contributed by atoms with van der Waals surface area (Å²) in [5.41, 5.74) is 0. The summed E-state index contributed by atoms with van der Waals surface area (Å²) < 4.78 is 9.79. The van der Waals surface area contributed by atoms with E-state index >= 15 is 0 Å². The van der Waals surface area contributed by atoms with E-state index < -0.39 is 27.0 Å². The van der Waals surface area contributed by atoms with Crippen molar-refractivity contribution in [1.82, 2.24) is 0 Å². The van der Waals surface area contributed by atoms with Crippen LogP contribution in [-0.2, 0) is 4.57 Å². The van der Waals surface area contributed by atoms with Crippen LogP contribution in [0.1, 0.15) is 0 Å². The average Bonchev–Trinajstić information content (AvgIpc) is 1.84. The molecule has 4 nitrogen and oxygen atoms in total. The van der Waals surface area contributed by atoms with Crippen molar-refractivity contribution in [3.63, 3.8) is 0 Å². The van der Waals surface area contributed by atoms with Gasteiger partial charge in [0.25, 0.3) is 0 Å². The molecule has 0 aliphatic carbocycles. The molecule has 3 N–H and O–H groups in total. The van der Waals surface area contributed by atoms with Crippen molar-refractivity contribution in [1.29, 1.82) is 0 Å². The largest absolute Gasteiger partial charge is 0.394 e. The summed E-state index contributed by atoms with van der Waals surface area (Å²) in [7, 11) is -1.41. The van der Waals surface area contributed by atoms with Gasteiger partial charge in [-0.15, -0.1) is 0 Å². The van der Waals surface area contributed by atoms with E-state index in [1.54, 1.807) is 0 Å². The van der Waals surface area contributed by atoms with Crippen LogP contribution in [-0.4, -0.2) is 33.9 Å². The molecule has 0 saturated carbocycles. The fourth-order valence-electron chi connectivity index (χ4n) is 0.199. The van der Waals surface area contributed by atoms with E-state index in [1.807, 2.05) is 0 Å². The van der Waals surface area contributed by atoms with Crippen LogP contribution in [0.25, 0.3) is 0 Å². The van der Waals surface area contributed by atoms with Gasteiger partial charge in [-0.3, -0.25) is 0 Å². The maximum absolute atomic E-state index is 9.79. The minimum Gasteiger partial charge on any atom is -0.394 e. The Balaban J connectivity index is 3.44. The zero-order valence-corrected chi connectivity index (χ0v) is 5.34. The smallest absolute Gasteiger partial charge is 0.130 e. The van der Waals surface area contributed by atoms with E-state index in [0.29, 0.717) is 0 Å². The third-order valence-corrected chi connectivity index (χ3v) is 1.44. The summed E-state index contributed by atoms with van der Waals surface area (Å²) in [5, 5.41) is 25.0. The Morgan fingerprint density at radius 2 is 2.00 bits per heavy atom. The van der Waals surface area contributed by atoms with Crippen molar-refractivity contribution in [3.05, 3.63) is 0 Å². The van der Waals surface area contributed by atoms with Gasteiger partial charge in [-0.25, -0.2) is 0 Å². The molecule has 0 aliphatic rings. The predicted octanol–water partition coefficient (Wildman–Crippen LogP) is -1.59. The van der Waals surface area contributed by atoms with Gasteiger partial charge in [0.1, 0.15) is 11.9 Å². The summed E-state index contributed by atoms with van der Waals surface area (Å²) in [4.78, 5) is 0. The first kappa shape index (κ1) is 8.11. The zero-order valence-electron chi connectivity index (χ0n) is 4.19. The predicted molar refractivity (Wildman–Crippen MR) is 29.5 cm³/mol. The Morgan fingerprint density at radius 3 is 2.12 bits per heavy atom. The van der Waals surface area contributed by atoms with E-state index in [-0.39, 0.29) is 0 Å². The van der Waals surface area contributed by atoms with Gasteiger partial charge in [-0.2, -0.15) is 0 Å². The molecular formula is C3H9O4P. The molecule has 8 heavy (non-hydrogen) atoms. The number of aliphatic hydroxyl groups is 3. The Hall–Kier alpha value is 0.110. The topological polar surface area (TPSA) is 77.8 Å². The van der Waals surface area contributed by atoms with Crippen LogP contribution >= 0.6 is 8.46 Å². The SMILES string of the molecule is O=[PH2]C(O)C(O)CO. The van der Waals surface area contributed by atoms with E-state index in [4.69, 9.17) is 15.3 Å². The monoisotopic (exact) mass is 140 g/mol. The van der Waals surface area contributed by atoms with Crippen LogP contribution in [0.5, 0.6) is 0 Å². The fraction of sp³-hybridized carbons (Fsp3) is 1.00. The first-order chi connectivity index (χ1) is 3.72. The Kier molecular flexibility index (Phi) is 4.09. The highest BCUT2D eigenvalue weighted by Gasteiger charge is 2.11. The second-order valence-electron chi connectivity index (χ2n) is 1.38. The maximum atomic E-state index is 9.79. The Labute approximate surface area is 48.0 Å². The lowest BCUT2D eigenvalue weighted by molar-refractivity contribution is 0.0260. The molecule has 0 aliphatic heterocycles. The second kappa shape index (κ2) is 4.04. The minimum atomic E-state index is -1.41. The van der Waals surface area contributed by atoms with Gasteiger partial charge >= 0.3 is 0 Å². The van der Waals surface area contributed by atoms with E-state index in [2.05, 4.69) is 0 Å². The molecular weight excluding hydrogens is 131 g/mol. The highest BCUT2D eigenvalue weighted by Crippen LogP contribution is 2.05. The molecule has 0 heterocycles. The molecule has 0 aromatic rings. The average molecular weight is 140 g/mol. The highest BCUT2D eigenvalue weighted by atomic mass is 31.1. The zero-order chi connectivity index (χ0) is 6.57. The van der Waals surface area contributed by atoms with Gasteiger partial charge in [-0.1, -0.05) is 0 Å². The van der Waals surface area contributed by atoms with Crippen LogP contribution in [0.4, 0.5) is 0 Å². The molecule has 3 unspecified atom stereocenters. The van der Waals surface area contributed by atoms with Crippen LogP contribution in [0.3, 0.4) is 0 Å². The van der Waals surface area contributed by atoms with Gasteiger partial charge in [0.15, 0.2) is 0 Å². The number of hydrogen-bond acceptors (Lipinski definition) is 4. The lowest BCUT2D eigenvalue weighted by Crippen LogP contribution is -2.23. The molecule has 0 spiro atoms. The summed E-state index contributed by atoms with van der Waals surface area (Å²) in [6, 6.07) is 0. The Morgan fingerprint density at radius 1 is 1.50 bits per heavy atom. The van der Waals surface area contributed by atoms with Crippen LogP contribution in [0.15, 0.2) is 0 Å². The molecule has 0 rings (SSSR count). The molecule has 0 aromatic heterocycles. The van der Waals surface area contributed by atoms with Crippen molar-refractivity contribution < 1.29 is 19.9 Å². The molecule has 0 bridgehead atoms. The Bertz CT molecular complexity index is 75.7. The first-order valence-corrected chi connectivity index (χ1v) is 3.28. The number of aliphatic hydroxyl groups excluding tert-OH is 3. The van der Waals surface area contributed by atoms with E-state index in [0.717, 1.165) is 0 Å². The fourth-order valence-corrected chi connectivity index (χ4v) is 0.502. The van der Waals surface area contributed by atoms with Gasteiger partial charge in [0.05, 0.1) is 15.1 Å². The molecule has 0 fully saturated rings. The van der Waals surface area contributed by atoms with Crippen LogP contribution < -0.4 is 0 Å². The van der Waals surface area contributed by atoms with Gasteiger partial charge in [0, 0.05) is 0 Å². The summed E-state index contributed by atoms with van der Waals surface area (Å²) in [6.07, 6.45) is -1.25. The second-order valence-corrected chi connectivity index (χ2v) is 2.33. The molecule has 5 heteroatoms. The van der Waals surface area contributed by atoms with Crippen molar-refractivity contribution in [2.75, 3.05) is 6.61 Å². The third-order valence-electron chi connectivity index (χ3n) is 0.721. The minimum absolute atomic E-state index is 0.545. The van der Waals surface area contributed by atoms with E-state index in [9.17, 15) is 4.57 Å². The summed E-state index contributed by atoms with van der Waals surface area (Å²) >= 11 is 0. The molecule has 0 amide bonds. The van der Waals surface area contributed by atoms with Gasteiger partial charge < -0.3 is 19.9 Å². The highest BCUT2D eigenvalue weighted by molar-refractivity contribution is 7.24. The number of rotatable bonds is 3. The third kappa shape index (κ3) is 2.43. The van der Waals surface area contributed by atoms with Crippen molar-refractivity contribution >= 4 is 8.46 Å². The number of hydrogen-bond donors (Lipinski definition) is 3. The molecule has 3 atom stereocenters. The summed E-state index contributed by atoms with van der Waals surface area (Å²) in [6.45, 7) is -0.545. The molecule has 0 saturated heterocycles. The lowest BCUT2D eigenvalue weighted by Gasteiger charge is -2.07. The van der Waals surface area contributed by atoms with Crippen molar-refractivity contribution in [2.24, 2.45) is 0 Å². The maximum Gasteiger partial charge on any atom is 0.130 e.